The Morgan fingerprint density at radius 2 is 2.21 bits per heavy atom. The molecule has 4 nitrogen and oxygen atoms in total. The van der Waals surface area contributed by atoms with Crippen molar-refractivity contribution in [2.45, 2.75) is 19.8 Å². The second kappa shape index (κ2) is 5.59. The molecular formula is C13H14ClN3OS. The van der Waals surface area contributed by atoms with Crippen molar-refractivity contribution in [2.75, 3.05) is 11.1 Å². The standard InChI is InChI=1S/C13H14ClN3OS/c1-7(2)10-6-19-13(16-10)17-12(18)11-8(14)4-3-5-9(11)15/h3-7H,15H2,1-2H3,(H,16,17,18). The maximum atomic E-state index is 12.1. The summed E-state index contributed by atoms with van der Waals surface area (Å²) >= 11 is 7.37. The lowest BCUT2D eigenvalue weighted by Gasteiger charge is -2.07. The van der Waals surface area contributed by atoms with Gasteiger partial charge in [0.1, 0.15) is 0 Å². The smallest absolute Gasteiger partial charge is 0.261 e. The summed E-state index contributed by atoms with van der Waals surface area (Å²) in [6, 6.07) is 4.98. The zero-order valence-electron chi connectivity index (χ0n) is 10.6. The van der Waals surface area contributed by atoms with Gasteiger partial charge in [0, 0.05) is 11.1 Å². The van der Waals surface area contributed by atoms with E-state index >= 15 is 0 Å². The summed E-state index contributed by atoms with van der Waals surface area (Å²) in [5, 5.41) is 5.53. The van der Waals surface area contributed by atoms with Gasteiger partial charge in [-0.15, -0.1) is 11.3 Å². The number of thiazole rings is 1. The van der Waals surface area contributed by atoms with Gasteiger partial charge in [0.15, 0.2) is 5.13 Å². The zero-order valence-corrected chi connectivity index (χ0v) is 12.2. The van der Waals surface area contributed by atoms with Crippen LogP contribution in [0.2, 0.25) is 5.02 Å². The molecule has 2 aromatic rings. The number of nitrogens with one attached hydrogen (secondary N) is 1. The Balaban J connectivity index is 2.21. The zero-order chi connectivity index (χ0) is 14.0. The molecule has 0 radical (unpaired) electrons. The third-order valence-corrected chi connectivity index (χ3v) is 3.70. The molecular weight excluding hydrogens is 282 g/mol. The van der Waals surface area contributed by atoms with Gasteiger partial charge in [0.05, 0.1) is 16.3 Å². The fourth-order valence-corrected chi connectivity index (χ4v) is 2.68. The summed E-state index contributed by atoms with van der Waals surface area (Å²) in [7, 11) is 0. The number of nitrogens with zero attached hydrogens (tertiary/aromatic N) is 1. The number of rotatable bonds is 3. The van der Waals surface area contributed by atoms with Crippen LogP contribution in [0.25, 0.3) is 0 Å². The number of hydrogen-bond donors (Lipinski definition) is 2. The lowest BCUT2D eigenvalue weighted by atomic mass is 10.1. The summed E-state index contributed by atoms with van der Waals surface area (Å²) in [4.78, 5) is 16.5. The van der Waals surface area contributed by atoms with Crippen molar-refractivity contribution < 1.29 is 4.79 Å². The van der Waals surface area contributed by atoms with Crippen LogP contribution in [0.4, 0.5) is 10.8 Å². The molecule has 0 unspecified atom stereocenters. The fourth-order valence-electron chi connectivity index (χ4n) is 1.55. The number of nitrogens with two attached hydrogens (primary N) is 1. The lowest BCUT2D eigenvalue weighted by molar-refractivity contribution is 0.102. The molecule has 0 atom stereocenters. The highest BCUT2D eigenvalue weighted by Crippen LogP contribution is 2.25. The number of aromatic nitrogens is 1. The number of benzene rings is 1. The summed E-state index contributed by atoms with van der Waals surface area (Å²) in [5.41, 5.74) is 7.35. The third-order valence-electron chi connectivity index (χ3n) is 2.61. The number of nitrogen functional groups attached to an aromatic ring is 1. The molecule has 3 N–H and O–H groups in total. The van der Waals surface area contributed by atoms with Crippen molar-refractivity contribution in [1.82, 2.24) is 4.98 Å². The van der Waals surface area contributed by atoms with Gasteiger partial charge in [-0.1, -0.05) is 31.5 Å². The van der Waals surface area contributed by atoms with Crippen LogP contribution >= 0.6 is 22.9 Å². The molecule has 2 rings (SSSR count). The maximum absolute atomic E-state index is 12.1. The van der Waals surface area contributed by atoms with Crippen LogP contribution in [0.3, 0.4) is 0 Å². The van der Waals surface area contributed by atoms with E-state index in [1.807, 2.05) is 19.2 Å². The molecule has 0 aliphatic rings. The molecule has 0 spiro atoms. The van der Waals surface area contributed by atoms with Crippen LogP contribution in [-0.4, -0.2) is 10.9 Å². The first-order valence-electron chi connectivity index (χ1n) is 5.79. The van der Waals surface area contributed by atoms with Gasteiger partial charge in [-0.05, 0) is 18.1 Å². The molecule has 1 amide bonds. The van der Waals surface area contributed by atoms with Gasteiger partial charge in [-0.3, -0.25) is 10.1 Å². The molecule has 6 heteroatoms. The van der Waals surface area contributed by atoms with Crippen molar-refractivity contribution >= 4 is 39.7 Å². The molecule has 0 saturated heterocycles. The second-order valence-corrected chi connectivity index (χ2v) is 5.66. The largest absolute Gasteiger partial charge is 0.398 e. The average Bonchev–Trinajstić information content (AvgIpc) is 2.77. The van der Waals surface area contributed by atoms with Crippen LogP contribution in [0.15, 0.2) is 23.6 Å². The topological polar surface area (TPSA) is 68.0 Å². The number of carbonyl (C=O) groups is 1. The SMILES string of the molecule is CC(C)c1csc(NC(=O)c2c(N)cccc2Cl)n1. The summed E-state index contributed by atoms with van der Waals surface area (Å²) in [6.45, 7) is 4.10. The summed E-state index contributed by atoms with van der Waals surface area (Å²) in [6.07, 6.45) is 0. The molecule has 0 saturated carbocycles. The minimum atomic E-state index is -0.340. The normalized spacial score (nSPS) is 10.7. The van der Waals surface area contributed by atoms with Gasteiger partial charge in [0.25, 0.3) is 5.91 Å². The second-order valence-electron chi connectivity index (χ2n) is 4.39. The molecule has 0 bridgehead atoms. The van der Waals surface area contributed by atoms with Gasteiger partial charge < -0.3 is 5.73 Å². The molecule has 1 aromatic carbocycles. The Morgan fingerprint density at radius 3 is 2.79 bits per heavy atom. The van der Waals surface area contributed by atoms with E-state index in [2.05, 4.69) is 10.3 Å². The fraction of sp³-hybridized carbons (Fsp3) is 0.231. The van der Waals surface area contributed by atoms with Crippen molar-refractivity contribution in [1.29, 1.82) is 0 Å². The third kappa shape index (κ3) is 3.05. The summed E-state index contributed by atoms with van der Waals surface area (Å²) < 4.78 is 0. The van der Waals surface area contributed by atoms with Crippen molar-refractivity contribution in [3.63, 3.8) is 0 Å². The highest BCUT2D eigenvalue weighted by molar-refractivity contribution is 7.14. The van der Waals surface area contributed by atoms with E-state index < -0.39 is 0 Å². The van der Waals surface area contributed by atoms with Crippen LogP contribution in [0, 0.1) is 0 Å². The maximum Gasteiger partial charge on any atom is 0.261 e. The highest BCUT2D eigenvalue weighted by Gasteiger charge is 2.15. The Hall–Kier alpha value is -1.59. The van der Waals surface area contributed by atoms with Gasteiger partial charge in [-0.25, -0.2) is 4.98 Å². The minimum absolute atomic E-state index is 0.283. The van der Waals surface area contributed by atoms with E-state index in [0.29, 0.717) is 21.8 Å². The van der Waals surface area contributed by atoms with Crippen LogP contribution in [0.5, 0.6) is 0 Å². The number of anilines is 2. The predicted octanol–water partition coefficient (Wildman–Crippen LogP) is 3.75. The van der Waals surface area contributed by atoms with Crippen LogP contribution < -0.4 is 11.1 Å². The summed E-state index contributed by atoms with van der Waals surface area (Å²) in [5.74, 6) is -0.0139. The van der Waals surface area contributed by atoms with E-state index in [1.165, 1.54) is 11.3 Å². The predicted molar refractivity (Wildman–Crippen MR) is 80.0 cm³/mol. The first-order chi connectivity index (χ1) is 8.99. The number of hydrogen-bond acceptors (Lipinski definition) is 4. The first kappa shape index (κ1) is 13.8. The molecule has 0 aliphatic carbocycles. The monoisotopic (exact) mass is 295 g/mol. The van der Waals surface area contributed by atoms with E-state index in [-0.39, 0.29) is 11.5 Å². The van der Waals surface area contributed by atoms with Crippen LogP contribution in [-0.2, 0) is 0 Å². The number of halogens is 1. The van der Waals surface area contributed by atoms with Gasteiger partial charge in [-0.2, -0.15) is 0 Å². The first-order valence-corrected chi connectivity index (χ1v) is 7.05. The quantitative estimate of drug-likeness (QED) is 0.847. The molecule has 1 heterocycles. The van der Waals surface area contributed by atoms with Gasteiger partial charge in [0.2, 0.25) is 0 Å². The molecule has 19 heavy (non-hydrogen) atoms. The number of carbonyl (C=O) groups excluding carboxylic acids is 1. The Morgan fingerprint density at radius 1 is 1.47 bits per heavy atom. The van der Waals surface area contributed by atoms with Crippen molar-refractivity contribution in [3.05, 3.63) is 39.9 Å². The van der Waals surface area contributed by atoms with E-state index in [0.717, 1.165) is 5.69 Å². The Labute approximate surface area is 120 Å². The van der Waals surface area contributed by atoms with Crippen molar-refractivity contribution in [2.24, 2.45) is 0 Å². The van der Waals surface area contributed by atoms with Crippen LogP contribution in [0.1, 0.15) is 35.8 Å². The molecule has 0 aliphatic heterocycles. The van der Waals surface area contributed by atoms with Gasteiger partial charge >= 0.3 is 0 Å². The lowest BCUT2D eigenvalue weighted by Crippen LogP contribution is -2.14. The molecule has 100 valence electrons. The van der Waals surface area contributed by atoms with E-state index in [4.69, 9.17) is 17.3 Å². The molecule has 1 aromatic heterocycles. The van der Waals surface area contributed by atoms with Crippen molar-refractivity contribution in [3.8, 4) is 0 Å². The molecule has 0 fully saturated rings. The Bertz CT molecular complexity index is 589. The van der Waals surface area contributed by atoms with E-state index in [9.17, 15) is 4.79 Å². The Kier molecular flexibility index (Phi) is 4.07. The highest BCUT2D eigenvalue weighted by atomic mass is 35.5. The van der Waals surface area contributed by atoms with E-state index in [1.54, 1.807) is 18.2 Å². The average molecular weight is 296 g/mol. The minimum Gasteiger partial charge on any atom is -0.398 e. The number of amides is 1.